The van der Waals surface area contributed by atoms with Crippen molar-refractivity contribution in [2.75, 3.05) is 0 Å². The fourth-order valence-electron chi connectivity index (χ4n) is 3.15. The molecule has 3 aliphatic rings. The quantitative estimate of drug-likeness (QED) is 0.462. The van der Waals surface area contributed by atoms with Crippen LogP contribution in [0.4, 0.5) is 0 Å². The van der Waals surface area contributed by atoms with Gasteiger partial charge in [0.2, 0.25) is 0 Å². The summed E-state index contributed by atoms with van der Waals surface area (Å²) in [6.07, 6.45) is 10.5. The van der Waals surface area contributed by atoms with Crippen LogP contribution in [0.15, 0.2) is 11.1 Å². The molecule has 0 spiro atoms. The average Bonchev–Trinajstić information content (AvgIpc) is 2.65. The first kappa shape index (κ1) is 6.28. The molecule has 2 fully saturated rings. The van der Waals surface area contributed by atoms with E-state index in [-0.39, 0.29) is 0 Å². The summed E-state index contributed by atoms with van der Waals surface area (Å²) < 4.78 is 0. The van der Waals surface area contributed by atoms with Crippen molar-refractivity contribution in [3.05, 3.63) is 11.1 Å². The van der Waals surface area contributed by atoms with E-state index >= 15 is 0 Å². The van der Waals surface area contributed by atoms with E-state index < -0.39 is 0 Å². The standard InChI is InChI=1S/C11H16/c1-3-8-4-2-6-10(8)11-7-9(11)5-1/h8-9H,1-7H2. The van der Waals surface area contributed by atoms with E-state index in [1.165, 1.54) is 44.9 Å². The fraction of sp³-hybridized carbons (Fsp3) is 0.818. The third-order valence-corrected chi connectivity index (χ3v) is 3.81. The molecule has 0 aliphatic heterocycles. The molecule has 0 aromatic carbocycles. The van der Waals surface area contributed by atoms with Crippen LogP contribution in [-0.4, -0.2) is 0 Å². The van der Waals surface area contributed by atoms with E-state index in [4.69, 9.17) is 0 Å². The van der Waals surface area contributed by atoms with Gasteiger partial charge in [-0.2, -0.15) is 0 Å². The molecule has 0 saturated heterocycles. The monoisotopic (exact) mass is 148 g/mol. The van der Waals surface area contributed by atoms with Gasteiger partial charge in [0.15, 0.2) is 0 Å². The van der Waals surface area contributed by atoms with Crippen LogP contribution in [0.5, 0.6) is 0 Å². The zero-order valence-corrected chi connectivity index (χ0v) is 7.10. The first-order chi connectivity index (χ1) is 5.45. The number of hydrogen-bond acceptors (Lipinski definition) is 0. The molecule has 11 heavy (non-hydrogen) atoms. The number of hydrogen-bond donors (Lipinski definition) is 0. The summed E-state index contributed by atoms with van der Waals surface area (Å²) in [5.41, 5.74) is 3.83. The molecule has 3 rings (SSSR count). The van der Waals surface area contributed by atoms with Gasteiger partial charge in [0.1, 0.15) is 0 Å². The van der Waals surface area contributed by atoms with Crippen LogP contribution in [0.3, 0.4) is 0 Å². The average molecular weight is 148 g/mol. The van der Waals surface area contributed by atoms with Gasteiger partial charge in [-0.1, -0.05) is 17.6 Å². The molecule has 0 radical (unpaired) electrons. The number of fused-ring (bicyclic) bond motifs is 2. The van der Waals surface area contributed by atoms with Crippen molar-refractivity contribution in [3.63, 3.8) is 0 Å². The Bertz CT molecular complexity index is 212. The van der Waals surface area contributed by atoms with Crippen LogP contribution in [0.25, 0.3) is 0 Å². The van der Waals surface area contributed by atoms with Crippen molar-refractivity contribution in [2.45, 2.75) is 44.9 Å². The molecule has 0 N–H and O–H groups in total. The second-order valence-electron chi connectivity index (χ2n) is 4.47. The number of allylic oxidation sites excluding steroid dienone is 2. The molecule has 2 unspecified atom stereocenters. The minimum Gasteiger partial charge on any atom is -0.0676 e. The van der Waals surface area contributed by atoms with Crippen LogP contribution >= 0.6 is 0 Å². The van der Waals surface area contributed by atoms with Gasteiger partial charge in [-0.3, -0.25) is 0 Å². The number of rotatable bonds is 0. The third kappa shape index (κ3) is 0.881. The summed E-state index contributed by atoms with van der Waals surface area (Å²) >= 11 is 0. The van der Waals surface area contributed by atoms with Crippen molar-refractivity contribution >= 4 is 0 Å². The Morgan fingerprint density at radius 3 is 2.64 bits per heavy atom. The van der Waals surface area contributed by atoms with Crippen LogP contribution in [0, 0.1) is 11.8 Å². The molecule has 3 aliphatic carbocycles. The predicted octanol–water partition coefficient (Wildman–Crippen LogP) is 3.29. The highest BCUT2D eigenvalue weighted by Crippen LogP contribution is 2.53. The molecule has 0 bridgehead atoms. The molecular weight excluding hydrogens is 132 g/mol. The Morgan fingerprint density at radius 1 is 0.818 bits per heavy atom. The van der Waals surface area contributed by atoms with Crippen molar-refractivity contribution in [1.82, 2.24) is 0 Å². The second-order valence-corrected chi connectivity index (χ2v) is 4.47. The lowest BCUT2D eigenvalue weighted by Crippen LogP contribution is -1.94. The summed E-state index contributed by atoms with van der Waals surface area (Å²) in [7, 11) is 0. The van der Waals surface area contributed by atoms with Gasteiger partial charge in [0.25, 0.3) is 0 Å². The Balaban J connectivity index is 1.96. The van der Waals surface area contributed by atoms with Crippen LogP contribution in [0.1, 0.15) is 44.9 Å². The summed E-state index contributed by atoms with van der Waals surface area (Å²) in [6, 6.07) is 0. The van der Waals surface area contributed by atoms with Crippen molar-refractivity contribution in [2.24, 2.45) is 11.8 Å². The normalized spacial score (nSPS) is 41.5. The summed E-state index contributed by atoms with van der Waals surface area (Å²) in [6.45, 7) is 0. The highest BCUT2D eigenvalue weighted by Gasteiger charge is 2.38. The summed E-state index contributed by atoms with van der Waals surface area (Å²) in [4.78, 5) is 0. The lowest BCUT2D eigenvalue weighted by atomic mass is 9.97. The zero-order valence-electron chi connectivity index (χ0n) is 7.10. The van der Waals surface area contributed by atoms with Gasteiger partial charge >= 0.3 is 0 Å². The van der Waals surface area contributed by atoms with E-state index in [0.29, 0.717) is 0 Å². The van der Waals surface area contributed by atoms with Gasteiger partial charge < -0.3 is 0 Å². The van der Waals surface area contributed by atoms with E-state index in [2.05, 4.69) is 0 Å². The minimum atomic E-state index is 1.05. The van der Waals surface area contributed by atoms with E-state index in [0.717, 1.165) is 11.8 Å². The molecule has 60 valence electrons. The van der Waals surface area contributed by atoms with Crippen LogP contribution in [-0.2, 0) is 0 Å². The fourth-order valence-corrected chi connectivity index (χ4v) is 3.15. The highest BCUT2D eigenvalue weighted by molar-refractivity contribution is 5.34. The maximum absolute atomic E-state index is 1.92. The smallest absolute Gasteiger partial charge is 0.0163 e. The van der Waals surface area contributed by atoms with Gasteiger partial charge in [0.05, 0.1) is 0 Å². The van der Waals surface area contributed by atoms with Crippen LogP contribution in [0.2, 0.25) is 0 Å². The van der Waals surface area contributed by atoms with Gasteiger partial charge in [-0.05, 0) is 50.4 Å². The Kier molecular flexibility index (Phi) is 1.21. The largest absolute Gasteiger partial charge is 0.0676 e. The zero-order chi connectivity index (χ0) is 7.26. The maximum atomic E-state index is 1.92. The summed E-state index contributed by atoms with van der Waals surface area (Å²) in [5.74, 6) is 2.13. The van der Waals surface area contributed by atoms with Crippen LogP contribution < -0.4 is 0 Å². The Hall–Kier alpha value is -0.260. The molecule has 0 aromatic rings. The molecule has 0 aromatic heterocycles. The topological polar surface area (TPSA) is 0 Å². The molecule has 2 saturated carbocycles. The Labute approximate surface area is 68.7 Å². The minimum absolute atomic E-state index is 1.05. The molecule has 0 heteroatoms. The third-order valence-electron chi connectivity index (χ3n) is 3.81. The van der Waals surface area contributed by atoms with Gasteiger partial charge in [-0.25, -0.2) is 0 Å². The maximum Gasteiger partial charge on any atom is -0.0163 e. The Morgan fingerprint density at radius 2 is 1.64 bits per heavy atom. The highest BCUT2D eigenvalue weighted by atomic mass is 14.4. The predicted molar refractivity (Wildman–Crippen MR) is 46.3 cm³/mol. The van der Waals surface area contributed by atoms with E-state index in [9.17, 15) is 0 Å². The summed E-state index contributed by atoms with van der Waals surface area (Å²) in [5, 5.41) is 0. The van der Waals surface area contributed by atoms with Crippen molar-refractivity contribution in [3.8, 4) is 0 Å². The van der Waals surface area contributed by atoms with Crippen molar-refractivity contribution in [1.29, 1.82) is 0 Å². The lowest BCUT2D eigenvalue weighted by molar-refractivity contribution is 0.530. The van der Waals surface area contributed by atoms with Gasteiger partial charge in [-0.15, -0.1) is 0 Å². The van der Waals surface area contributed by atoms with E-state index in [1.54, 1.807) is 0 Å². The van der Waals surface area contributed by atoms with E-state index in [1.807, 2.05) is 11.1 Å². The molecule has 0 amide bonds. The SMILES string of the molecule is C1CC2=C3CC3CCCC2C1. The first-order valence-corrected chi connectivity index (χ1v) is 5.17. The molecule has 2 atom stereocenters. The lowest BCUT2D eigenvalue weighted by Gasteiger charge is -2.08. The molecular formula is C11H16. The molecule has 0 nitrogen and oxygen atoms in total. The van der Waals surface area contributed by atoms with Gasteiger partial charge in [0, 0.05) is 0 Å². The first-order valence-electron chi connectivity index (χ1n) is 5.17. The van der Waals surface area contributed by atoms with Crippen molar-refractivity contribution < 1.29 is 0 Å². The second kappa shape index (κ2) is 2.12. The molecule has 0 heterocycles.